The summed E-state index contributed by atoms with van der Waals surface area (Å²) in [5.74, 6) is 4.63. The van der Waals surface area contributed by atoms with Crippen LogP contribution in [0.15, 0.2) is 137 Å². The van der Waals surface area contributed by atoms with Crippen molar-refractivity contribution >= 4 is 77.6 Å². The predicted molar refractivity (Wildman–Crippen MR) is 373 cm³/mol. The first-order valence-corrected chi connectivity index (χ1v) is 28.6. The molecule has 4 heterocycles. The van der Waals surface area contributed by atoms with Crippen LogP contribution in [0.2, 0.25) is 0 Å². The van der Waals surface area contributed by atoms with Crippen LogP contribution >= 0.6 is 65.8 Å². The lowest BCUT2D eigenvalue weighted by atomic mass is 9.84. The number of nitrogens with zero attached hydrogens (tertiary/aromatic N) is 7. The Morgan fingerprint density at radius 2 is 0.828 bits per heavy atom. The first-order chi connectivity index (χ1) is 39.2. The van der Waals surface area contributed by atoms with Crippen molar-refractivity contribution in [3.05, 3.63) is 145 Å². The molecule has 0 saturated heterocycles. The fourth-order valence-corrected chi connectivity index (χ4v) is 9.21. The Bertz CT molecular complexity index is 3150. The van der Waals surface area contributed by atoms with Gasteiger partial charge in [0.05, 0.1) is 77.5 Å². The summed E-state index contributed by atoms with van der Waals surface area (Å²) in [7, 11) is 0. The Morgan fingerprint density at radius 3 is 1.10 bits per heavy atom. The number of ether oxygens (including phenoxy) is 1. The number of rotatable bonds is 19. The SMILES string of the molecule is CC(C)[C@H](CC(=O)CC(C)(C)C)c1ncc(-c2ccc(-c3ccc(-c4cnc([C@@H](NC(=O)OC(C)(C)C)C(C)C)[nH]4)cc3)cc2)[nH]1.CC(C)[C@H](N)c1ncc(-c2ccc(-c3ccc(-c4cnc([C@@H](N)C(C)C)[nH]4)cc3)cc2)[nH]1.N=NN=NCl.S.S.S.S. The van der Waals surface area contributed by atoms with Gasteiger partial charge in [-0.25, -0.2) is 24.7 Å². The number of benzene rings is 4. The van der Waals surface area contributed by atoms with E-state index in [0.29, 0.717) is 36.4 Å². The zero-order valence-electron chi connectivity index (χ0n) is 52.5. The van der Waals surface area contributed by atoms with Gasteiger partial charge >= 0.3 is 6.09 Å². The van der Waals surface area contributed by atoms with Gasteiger partial charge in [-0.15, -0.1) is 0 Å². The highest BCUT2D eigenvalue weighted by Crippen LogP contribution is 2.34. The standard InChI is InChI=1S/C38H51N5O3.C26H32N6.ClHN4.4H2S/c1-23(2)30(19-29(44)20-37(5,6)7)34-39-21-31(41-34)27-15-11-25(12-16-27)26-13-17-28(18-14-26)32-22-40-35(42-32)33(24(3)4)43-36(45)46-38(8,9)10;1-15(2)23(27)25-29-13-21(31-25)19-9-5-17(6-10-19)18-7-11-20(12-8-18)22-14-30-26(32-22)24(28)16(3)4;1-3-5-4-2;;;;/h11-18,21-24,30,33H,19-20H2,1-10H3,(H,39,41)(H,40,42)(H,43,45);5-16,23-24H,27-28H2,1-4H3,(H,29,31)(H,30,32);2H;4*1H2/t30-,33-;23-,24-;;;;;/m00...../s1. The molecule has 0 spiro atoms. The Balaban J connectivity index is 0.000000552. The highest BCUT2D eigenvalue weighted by atomic mass is 35.5. The molecule has 87 heavy (non-hydrogen) atoms. The highest BCUT2D eigenvalue weighted by Gasteiger charge is 2.27. The van der Waals surface area contributed by atoms with Crippen LogP contribution in [0.5, 0.6) is 0 Å². The number of carbonyl (C=O) groups excluding carboxylic acids is 2. The van der Waals surface area contributed by atoms with Crippen molar-refractivity contribution in [3.8, 4) is 67.3 Å². The second-order valence-electron chi connectivity index (χ2n) is 24.5. The number of hydrogen-bond donors (Lipinski definition) is 8. The summed E-state index contributed by atoms with van der Waals surface area (Å²) in [6, 6.07) is 33.2. The van der Waals surface area contributed by atoms with Gasteiger partial charge in [-0.05, 0) is 105 Å². The molecule has 10 N–H and O–H groups in total. The number of ketones is 1. The number of Topliss-reactive ketones (excluding diaryl/α,β-unsaturated/α-hetero) is 1. The van der Waals surface area contributed by atoms with E-state index in [0.717, 1.165) is 84.8 Å². The number of aromatic amines is 4. The number of carbonyl (C=O) groups is 2. The number of H-pyrrole nitrogens is 4. The molecule has 0 aliphatic heterocycles. The van der Waals surface area contributed by atoms with Gasteiger partial charge in [-0.1, -0.05) is 178 Å². The molecule has 8 aromatic rings. The predicted octanol–water partition coefficient (Wildman–Crippen LogP) is 16.9. The number of nitrogens with one attached hydrogen (secondary N) is 6. The molecule has 4 aromatic heterocycles. The first-order valence-electron chi connectivity index (χ1n) is 28.3. The number of alkyl carbamates (subject to hydrolysis) is 1. The van der Waals surface area contributed by atoms with Gasteiger partial charge in [0.2, 0.25) is 0 Å². The van der Waals surface area contributed by atoms with Crippen LogP contribution in [0.1, 0.15) is 157 Å². The summed E-state index contributed by atoms with van der Waals surface area (Å²) >= 11 is 4.55. The van der Waals surface area contributed by atoms with E-state index in [1.54, 1.807) is 6.20 Å². The van der Waals surface area contributed by atoms with Gasteiger partial charge in [0.15, 0.2) is 0 Å². The molecule has 472 valence electrons. The summed E-state index contributed by atoms with van der Waals surface area (Å²) in [5.41, 5.74) is 30.2. The number of halogens is 1. The lowest BCUT2D eigenvalue weighted by Gasteiger charge is -2.24. The van der Waals surface area contributed by atoms with E-state index >= 15 is 0 Å². The lowest BCUT2D eigenvalue weighted by Crippen LogP contribution is -2.37. The maximum Gasteiger partial charge on any atom is 0.408 e. The van der Waals surface area contributed by atoms with E-state index in [4.69, 9.17) is 26.7 Å². The molecule has 18 nitrogen and oxygen atoms in total. The van der Waals surface area contributed by atoms with Crippen LogP contribution in [-0.2, 0) is 9.53 Å². The fourth-order valence-electron chi connectivity index (χ4n) is 9.18. The number of nitrogens with two attached hydrogens (primary N) is 2. The molecular formula is C64H92ClN15O3S4. The largest absolute Gasteiger partial charge is 0.444 e. The summed E-state index contributed by atoms with van der Waals surface area (Å²) in [4.78, 5) is 57.0. The Hall–Kier alpha value is -6.53. The molecule has 0 aliphatic carbocycles. The quantitative estimate of drug-likeness (QED) is 0.0282. The summed E-state index contributed by atoms with van der Waals surface area (Å²) in [6.45, 7) is 28.6. The number of aromatic nitrogens is 8. The molecule has 4 atom stereocenters. The van der Waals surface area contributed by atoms with Crippen LogP contribution in [-0.4, -0.2) is 57.3 Å². The van der Waals surface area contributed by atoms with Crippen molar-refractivity contribution in [1.29, 1.82) is 5.53 Å². The third kappa shape index (κ3) is 22.5. The molecular weight excluding hydrogens is 1190 g/mol. The van der Waals surface area contributed by atoms with Crippen LogP contribution in [0.3, 0.4) is 0 Å². The maximum atomic E-state index is 12.8. The molecule has 0 aliphatic rings. The minimum Gasteiger partial charge on any atom is -0.444 e. The number of amides is 1. The van der Waals surface area contributed by atoms with Crippen molar-refractivity contribution in [2.45, 2.75) is 139 Å². The summed E-state index contributed by atoms with van der Waals surface area (Å²) < 4.78 is 8.05. The van der Waals surface area contributed by atoms with Crippen molar-refractivity contribution in [3.63, 3.8) is 0 Å². The van der Waals surface area contributed by atoms with E-state index in [1.165, 1.54) is 0 Å². The Labute approximate surface area is 546 Å². The molecule has 8 rings (SSSR count). The van der Waals surface area contributed by atoms with Crippen LogP contribution < -0.4 is 16.8 Å². The van der Waals surface area contributed by atoms with Gasteiger partial charge in [0.1, 0.15) is 34.7 Å². The fraction of sp³-hybridized carbons (Fsp3) is 0.406. The molecule has 0 radical (unpaired) electrons. The Morgan fingerprint density at radius 1 is 0.517 bits per heavy atom. The molecule has 23 heteroatoms. The van der Waals surface area contributed by atoms with Gasteiger partial charge in [0.25, 0.3) is 0 Å². The highest BCUT2D eigenvalue weighted by molar-refractivity contribution is 7.59. The first kappa shape index (κ1) is 76.6. The van der Waals surface area contributed by atoms with E-state index in [9.17, 15) is 9.59 Å². The van der Waals surface area contributed by atoms with E-state index < -0.39 is 11.7 Å². The Kier molecular flexibility index (Phi) is 30.7. The minimum atomic E-state index is -0.573. The monoisotopic (exact) mass is 1280 g/mol. The molecule has 0 unspecified atom stereocenters. The van der Waals surface area contributed by atoms with Crippen molar-refractivity contribution in [2.24, 2.45) is 55.6 Å². The van der Waals surface area contributed by atoms with Crippen molar-refractivity contribution in [1.82, 2.24) is 45.2 Å². The second kappa shape index (κ2) is 34.9. The normalized spacial score (nSPS) is 12.7. The smallest absolute Gasteiger partial charge is 0.408 e. The maximum absolute atomic E-state index is 12.8. The minimum absolute atomic E-state index is 0. The van der Waals surface area contributed by atoms with Gasteiger partial charge in [0, 0.05) is 18.8 Å². The summed E-state index contributed by atoms with van der Waals surface area (Å²) in [6.07, 6.45) is 7.98. The molecule has 0 bridgehead atoms. The number of imidazole rings is 4. The van der Waals surface area contributed by atoms with Crippen LogP contribution in [0.4, 0.5) is 4.79 Å². The molecule has 1 amide bonds. The molecule has 4 aromatic carbocycles. The summed E-state index contributed by atoms with van der Waals surface area (Å²) in [5, 5.41) is 8.04. The van der Waals surface area contributed by atoms with E-state index in [2.05, 4.69) is 226 Å². The average molecular weight is 1280 g/mol. The topological polar surface area (TPSA) is 283 Å². The van der Waals surface area contributed by atoms with Crippen molar-refractivity contribution < 1.29 is 14.3 Å². The van der Waals surface area contributed by atoms with E-state index in [1.807, 2.05) is 53.2 Å². The molecule has 0 fully saturated rings. The van der Waals surface area contributed by atoms with Gasteiger partial charge in [-0.2, -0.15) is 59.5 Å². The third-order valence-corrected chi connectivity index (χ3v) is 14.0. The average Bonchev–Trinajstić information content (AvgIpc) is 3.09. The van der Waals surface area contributed by atoms with E-state index in [-0.39, 0.29) is 95.1 Å². The van der Waals surface area contributed by atoms with Gasteiger partial charge in [-0.3, -0.25) is 4.79 Å². The van der Waals surface area contributed by atoms with Crippen molar-refractivity contribution in [2.75, 3.05) is 0 Å². The lowest BCUT2D eigenvalue weighted by molar-refractivity contribution is -0.121. The zero-order chi connectivity index (χ0) is 60.8. The molecule has 0 saturated carbocycles. The van der Waals surface area contributed by atoms with Gasteiger partial charge < -0.3 is 41.5 Å². The van der Waals surface area contributed by atoms with Crippen LogP contribution in [0, 0.1) is 34.6 Å². The number of hydrogen-bond acceptors (Lipinski definition) is 11. The zero-order valence-corrected chi connectivity index (χ0v) is 57.2. The third-order valence-electron chi connectivity index (χ3n) is 13.9. The van der Waals surface area contributed by atoms with Crippen LogP contribution in [0.25, 0.3) is 67.3 Å². The second-order valence-corrected chi connectivity index (χ2v) is 24.7.